The van der Waals surface area contributed by atoms with Crippen LogP contribution in [0.2, 0.25) is 0 Å². The number of carbonyl (C=O) groups is 1. The summed E-state index contributed by atoms with van der Waals surface area (Å²) in [4.78, 5) is 18.6. The standard InChI is InChI=1S/C18H23N3O2/c1-21-10-8-15(18(21)14-4-2-9-19-12-14)13-20-17(22)7-6-16-5-3-11-23-16/h2-5,9,11-12,15,18H,6-8,10,13H2,1H3,(H,20,22)/t15-,18-/m0/s1. The van der Waals surface area contributed by atoms with Crippen LogP contribution in [-0.4, -0.2) is 35.9 Å². The second-order valence-corrected chi connectivity index (χ2v) is 6.14. The van der Waals surface area contributed by atoms with Crippen LogP contribution in [0.3, 0.4) is 0 Å². The lowest BCUT2D eigenvalue weighted by Gasteiger charge is -2.25. The number of likely N-dealkylation sites (tertiary alicyclic amines) is 1. The smallest absolute Gasteiger partial charge is 0.220 e. The van der Waals surface area contributed by atoms with Gasteiger partial charge < -0.3 is 9.73 Å². The average Bonchev–Trinajstić information content (AvgIpc) is 3.21. The van der Waals surface area contributed by atoms with Crippen molar-refractivity contribution in [2.75, 3.05) is 20.1 Å². The zero-order chi connectivity index (χ0) is 16.1. The van der Waals surface area contributed by atoms with Crippen molar-refractivity contribution < 1.29 is 9.21 Å². The highest BCUT2D eigenvalue weighted by atomic mass is 16.3. The van der Waals surface area contributed by atoms with E-state index >= 15 is 0 Å². The van der Waals surface area contributed by atoms with Crippen LogP contribution in [0.15, 0.2) is 47.3 Å². The summed E-state index contributed by atoms with van der Waals surface area (Å²) < 4.78 is 5.26. The summed E-state index contributed by atoms with van der Waals surface area (Å²) in [6.07, 6.45) is 7.57. The zero-order valence-electron chi connectivity index (χ0n) is 13.4. The molecule has 0 aromatic carbocycles. The number of aryl methyl sites for hydroxylation is 1. The summed E-state index contributed by atoms with van der Waals surface area (Å²) in [5.41, 5.74) is 1.22. The quantitative estimate of drug-likeness (QED) is 0.890. The number of amides is 1. The van der Waals surface area contributed by atoms with Crippen LogP contribution in [0.1, 0.15) is 30.2 Å². The number of carbonyl (C=O) groups excluding carboxylic acids is 1. The molecule has 0 aliphatic carbocycles. The third kappa shape index (κ3) is 3.99. The van der Waals surface area contributed by atoms with Crippen LogP contribution in [0.5, 0.6) is 0 Å². The minimum atomic E-state index is 0.0842. The first-order chi connectivity index (χ1) is 11.2. The van der Waals surface area contributed by atoms with Crippen molar-refractivity contribution >= 4 is 5.91 Å². The van der Waals surface area contributed by atoms with E-state index in [0.29, 0.717) is 31.3 Å². The van der Waals surface area contributed by atoms with Gasteiger partial charge in [0.2, 0.25) is 5.91 Å². The van der Waals surface area contributed by atoms with E-state index in [0.717, 1.165) is 18.7 Å². The second-order valence-electron chi connectivity index (χ2n) is 6.14. The summed E-state index contributed by atoms with van der Waals surface area (Å²) in [5.74, 6) is 1.37. The first-order valence-corrected chi connectivity index (χ1v) is 8.13. The Morgan fingerprint density at radius 1 is 1.43 bits per heavy atom. The van der Waals surface area contributed by atoms with Crippen molar-refractivity contribution in [1.29, 1.82) is 0 Å². The van der Waals surface area contributed by atoms with E-state index in [4.69, 9.17) is 4.42 Å². The topological polar surface area (TPSA) is 58.4 Å². The van der Waals surface area contributed by atoms with E-state index in [1.807, 2.05) is 24.4 Å². The minimum Gasteiger partial charge on any atom is -0.469 e. The lowest BCUT2D eigenvalue weighted by Crippen LogP contribution is -2.32. The zero-order valence-corrected chi connectivity index (χ0v) is 13.4. The Bertz CT molecular complexity index is 612. The van der Waals surface area contributed by atoms with Crippen LogP contribution in [0.25, 0.3) is 0 Å². The molecule has 1 aliphatic heterocycles. The van der Waals surface area contributed by atoms with Gasteiger partial charge in [0.15, 0.2) is 0 Å². The molecule has 0 spiro atoms. The molecular weight excluding hydrogens is 290 g/mol. The Morgan fingerprint density at radius 2 is 2.35 bits per heavy atom. The summed E-state index contributed by atoms with van der Waals surface area (Å²) in [6, 6.07) is 8.16. The first kappa shape index (κ1) is 15.7. The fraction of sp³-hybridized carbons (Fsp3) is 0.444. The van der Waals surface area contributed by atoms with Gasteiger partial charge in [-0.05, 0) is 49.7 Å². The summed E-state index contributed by atoms with van der Waals surface area (Å²) in [6.45, 7) is 1.76. The van der Waals surface area contributed by atoms with Gasteiger partial charge in [0, 0.05) is 37.8 Å². The maximum absolute atomic E-state index is 12.0. The molecule has 1 aliphatic rings. The normalized spacial score (nSPS) is 21.4. The molecule has 23 heavy (non-hydrogen) atoms. The predicted molar refractivity (Wildman–Crippen MR) is 87.8 cm³/mol. The first-order valence-electron chi connectivity index (χ1n) is 8.13. The highest BCUT2D eigenvalue weighted by Gasteiger charge is 2.33. The van der Waals surface area contributed by atoms with Crippen LogP contribution >= 0.6 is 0 Å². The third-order valence-corrected chi connectivity index (χ3v) is 4.54. The molecule has 2 atom stereocenters. The molecule has 1 saturated heterocycles. The highest BCUT2D eigenvalue weighted by Crippen LogP contribution is 2.35. The maximum atomic E-state index is 12.0. The van der Waals surface area contributed by atoms with Crippen LogP contribution in [0, 0.1) is 5.92 Å². The molecule has 1 fully saturated rings. The molecule has 0 saturated carbocycles. The molecule has 3 heterocycles. The van der Waals surface area contributed by atoms with E-state index in [2.05, 4.69) is 28.3 Å². The fourth-order valence-electron chi connectivity index (χ4n) is 3.34. The van der Waals surface area contributed by atoms with Gasteiger partial charge in [-0.2, -0.15) is 0 Å². The molecular formula is C18H23N3O2. The van der Waals surface area contributed by atoms with Crippen molar-refractivity contribution in [2.45, 2.75) is 25.3 Å². The highest BCUT2D eigenvalue weighted by molar-refractivity contribution is 5.76. The molecule has 1 N–H and O–H groups in total. The van der Waals surface area contributed by atoms with Crippen LogP contribution in [0.4, 0.5) is 0 Å². The SMILES string of the molecule is CN1CC[C@@H](CNC(=O)CCc2ccco2)[C@@H]1c1cccnc1. The molecule has 3 rings (SSSR count). The Balaban J connectivity index is 1.51. The van der Waals surface area contributed by atoms with Crippen molar-refractivity contribution in [1.82, 2.24) is 15.2 Å². The number of hydrogen-bond acceptors (Lipinski definition) is 4. The Hall–Kier alpha value is -2.14. The summed E-state index contributed by atoms with van der Waals surface area (Å²) in [7, 11) is 2.14. The molecule has 0 radical (unpaired) electrons. The van der Waals surface area contributed by atoms with Gasteiger partial charge in [0.1, 0.15) is 5.76 Å². The lowest BCUT2D eigenvalue weighted by atomic mass is 9.94. The Labute approximate surface area is 136 Å². The fourth-order valence-corrected chi connectivity index (χ4v) is 3.34. The Morgan fingerprint density at radius 3 is 3.09 bits per heavy atom. The number of hydrogen-bond donors (Lipinski definition) is 1. The van der Waals surface area contributed by atoms with Crippen LogP contribution < -0.4 is 5.32 Å². The van der Waals surface area contributed by atoms with E-state index in [9.17, 15) is 4.79 Å². The van der Waals surface area contributed by atoms with Gasteiger partial charge in [0.05, 0.1) is 6.26 Å². The minimum absolute atomic E-state index is 0.0842. The molecule has 122 valence electrons. The van der Waals surface area contributed by atoms with Crippen molar-refractivity contribution in [3.63, 3.8) is 0 Å². The van der Waals surface area contributed by atoms with Gasteiger partial charge in [-0.1, -0.05) is 6.07 Å². The predicted octanol–water partition coefficient (Wildman–Crippen LogP) is 2.42. The number of pyridine rings is 1. The number of aromatic nitrogens is 1. The molecule has 0 bridgehead atoms. The van der Waals surface area contributed by atoms with Crippen molar-refractivity contribution in [2.24, 2.45) is 5.92 Å². The van der Waals surface area contributed by atoms with E-state index in [-0.39, 0.29) is 5.91 Å². The van der Waals surface area contributed by atoms with Crippen molar-refractivity contribution in [3.05, 3.63) is 54.2 Å². The van der Waals surface area contributed by atoms with Crippen molar-refractivity contribution in [3.8, 4) is 0 Å². The second kappa shape index (κ2) is 7.42. The molecule has 1 amide bonds. The van der Waals surface area contributed by atoms with Gasteiger partial charge >= 0.3 is 0 Å². The monoisotopic (exact) mass is 313 g/mol. The lowest BCUT2D eigenvalue weighted by molar-refractivity contribution is -0.121. The number of nitrogens with zero attached hydrogens (tertiary/aromatic N) is 2. The average molecular weight is 313 g/mol. The van der Waals surface area contributed by atoms with Gasteiger partial charge in [-0.3, -0.25) is 14.7 Å². The van der Waals surface area contributed by atoms with Gasteiger partial charge in [0.25, 0.3) is 0 Å². The molecule has 2 aromatic rings. The van der Waals surface area contributed by atoms with E-state index < -0.39 is 0 Å². The van der Waals surface area contributed by atoms with E-state index in [1.165, 1.54) is 5.56 Å². The van der Waals surface area contributed by atoms with Crippen LogP contribution in [-0.2, 0) is 11.2 Å². The third-order valence-electron chi connectivity index (χ3n) is 4.54. The number of furan rings is 1. The largest absolute Gasteiger partial charge is 0.469 e. The summed E-state index contributed by atoms with van der Waals surface area (Å²) in [5, 5.41) is 3.08. The molecule has 2 aromatic heterocycles. The Kier molecular flexibility index (Phi) is 5.08. The summed E-state index contributed by atoms with van der Waals surface area (Å²) >= 11 is 0. The molecule has 5 nitrogen and oxygen atoms in total. The number of rotatable bonds is 6. The maximum Gasteiger partial charge on any atom is 0.220 e. The number of nitrogens with one attached hydrogen (secondary N) is 1. The van der Waals surface area contributed by atoms with Gasteiger partial charge in [-0.25, -0.2) is 0 Å². The molecule has 0 unspecified atom stereocenters. The van der Waals surface area contributed by atoms with Gasteiger partial charge in [-0.15, -0.1) is 0 Å². The van der Waals surface area contributed by atoms with E-state index in [1.54, 1.807) is 12.5 Å². The molecule has 5 heteroatoms.